The Hall–Kier alpha value is -2.60. The zero-order valence-corrected chi connectivity index (χ0v) is 13.8. The highest BCUT2D eigenvalue weighted by Gasteiger charge is 2.22. The van der Waals surface area contributed by atoms with Crippen LogP contribution in [0.3, 0.4) is 0 Å². The normalized spacial score (nSPS) is 13.0. The molecule has 2 atom stereocenters. The highest BCUT2D eigenvalue weighted by atomic mass is 32.2. The van der Waals surface area contributed by atoms with Gasteiger partial charge in [-0.1, -0.05) is 12.1 Å². The molecule has 25 heavy (non-hydrogen) atoms. The van der Waals surface area contributed by atoms with E-state index < -0.39 is 55.0 Å². The van der Waals surface area contributed by atoms with Crippen LogP contribution in [-0.4, -0.2) is 39.7 Å². The van der Waals surface area contributed by atoms with E-state index in [0.717, 1.165) is 12.1 Å². The van der Waals surface area contributed by atoms with Gasteiger partial charge in [0, 0.05) is 0 Å². The maximum Gasteiger partial charge on any atom is 0.337 e. The third kappa shape index (κ3) is 3.91. The summed E-state index contributed by atoms with van der Waals surface area (Å²) in [6.07, 6.45) is 0. The molecule has 2 rings (SSSR count). The number of carboxylic acid groups (broad SMARTS) is 2. The third-order valence-electron chi connectivity index (χ3n) is 3.11. The smallest absolute Gasteiger partial charge is 0.337 e. The number of anilines is 2. The third-order valence-corrected chi connectivity index (χ3v) is 4.69. The summed E-state index contributed by atoms with van der Waals surface area (Å²) in [6.45, 7) is 0. The van der Waals surface area contributed by atoms with Crippen LogP contribution in [0.1, 0.15) is 20.7 Å². The molecule has 0 aliphatic heterocycles. The first-order chi connectivity index (χ1) is 11.7. The van der Waals surface area contributed by atoms with E-state index >= 15 is 0 Å². The summed E-state index contributed by atoms with van der Waals surface area (Å²) in [7, 11) is 0. The maximum atomic E-state index is 11.5. The van der Waals surface area contributed by atoms with Gasteiger partial charge in [-0.3, -0.25) is 0 Å². The first kappa shape index (κ1) is 18.7. The van der Waals surface area contributed by atoms with Crippen molar-refractivity contribution in [1.82, 2.24) is 0 Å². The fourth-order valence-electron chi connectivity index (χ4n) is 2.13. The van der Waals surface area contributed by atoms with Crippen molar-refractivity contribution in [1.29, 1.82) is 0 Å². The van der Waals surface area contributed by atoms with E-state index in [0.29, 0.717) is 0 Å². The molecule has 11 heteroatoms. The van der Waals surface area contributed by atoms with E-state index in [9.17, 15) is 27.1 Å². The monoisotopic (exact) mass is 385 g/mol. The number of hydrogen-bond donors (Lipinski definition) is 5. The average Bonchev–Trinajstić information content (AvgIpc) is 2.53. The second-order valence-electron chi connectivity index (χ2n) is 4.60. The van der Waals surface area contributed by atoms with E-state index in [2.05, 4.69) is 5.32 Å². The first-order valence-electron chi connectivity index (χ1n) is 6.45. The maximum absolute atomic E-state index is 11.5. The molecule has 0 aliphatic carbocycles. The molecule has 0 aromatic heterocycles. The molecule has 2 aromatic carbocycles. The first-order valence-corrected chi connectivity index (χ1v) is 8.66. The number of nitrogens with one attached hydrogen (secondary N) is 1. The number of carbonyl (C=O) groups is 2. The van der Waals surface area contributed by atoms with Crippen LogP contribution in [0.5, 0.6) is 0 Å². The summed E-state index contributed by atoms with van der Waals surface area (Å²) >= 11 is -5.35. The number of rotatable bonds is 6. The topological polar surface area (TPSA) is 161 Å². The van der Waals surface area contributed by atoms with Crippen molar-refractivity contribution in [3.05, 3.63) is 47.5 Å². The van der Waals surface area contributed by atoms with E-state index in [4.69, 9.17) is 10.2 Å². The van der Waals surface area contributed by atoms with Gasteiger partial charge in [0.05, 0.1) is 22.5 Å². The lowest BCUT2D eigenvalue weighted by Crippen LogP contribution is -2.10. The molecule has 132 valence electrons. The van der Waals surface area contributed by atoms with E-state index in [-0.39, 0.29) is 11.4 Å². The predicted molar refractivity (Wildman–Crippen MR) is 88.2 cm³/mol. The van der Waals surface area contributed by atoms with Gasteiger partial charge in [0.15, 0.2) is 22.2 Å². The fourth-order valence-corrected chi connectivity index (χ4v) is 3.43. The van der Waals surface area contributed by atoms with Crippen molar-refractivity contribution in [3.63, 3.8) is 0 Å². The molecule has 0 spiro atoms. The highest BCUT2D eigenvalue weighted by Crippen LogP contribution is 2.31. The van der Waals surface area contributed by atoms with Crippen molar-refractivity contribution in [2.75, 3.05) is 5.32 Å². The van der Waals surface area contributed by atoms with Crippen LogP contribution in [0, 0.1) is 0 Å². The SMILES string of the molecule is O=C(O)c1cccc(Nc2cccc(C(=O)O)c2S(=O)O)c1S(=O)O. The Bertz CT molecular complexity index is 838. The van der Waals surface area contributed by atoms with E-state index in [1.54, 1.807) is 0 Å². The quantitative estimate of drug-likeness (QED) is 0.468. The lowest BCUT2D eigenvalue weighted by Gasteiger charge is -2.15. The number of hydrogen-bond acceptors (Lipinski definition) is 5. The molecule has 5 N–H and O–H groups in total. The van der Waals surface area contributed by atoms with Crippen LogP contribution in [0.4, 0.5) is 11.4 Å². The van der Waals surface area contributed by atoms with Gasteiger partial charge in [0.25, 0.3) is 0 Å². The zero-order chi connectivity index (χ0) is 18.7. The number of aromatic carboxylic acids is 2. The zero-order valence-electron chi connectivity index (χ0n) is 12.2. The van der Waals surface area contributed by atoms with E-state index in [1.807, 2.05) is 0 Å². The van der Waals surface area contributed by atoms with Gasteiger partial charge >= 0.3 is 11.9 Å². The predicted octanol–water partition coefficient (Wildman–Crippen LogP) is 1.99. The lowest BCUT2D eigenvalue weighted by molar-refractivity contribution is 0.0682. The van der Waals surface area contributed by atoms with Gasteiger partial charge < -0.3 is 24.6 Å². The molecule has 0 heterocycles. The molecule has 2 unspecified atom stereocenters. The Morgan fingerprint density at radius 3 is 1.40 bits per heavy atom. The van der Waals surface area contributed by atoms with Crippen molar-refractivity contribution in [2.45, 2.75) is 9.79 Å². The minimum Gasteiger partial charge on any atom is -0.478 e. The molecular weight excluding hydrogens is 374 g/mol. The van der Waals surface area contributed by atoms with Crippen LogP contribution < -0.4 is 5.32 Å². The summed E-state index contributed by atoms with van der Waals surface area (Å²) in [6, 6.07) is 7.42. The standard InChI is InChI=1S/C14H11NO8S2/c16-13(17)7-3-1-5-9(11(7)24(20)21)15-10-6-2-4-8(14(18)19)12(10)25(22)23/h1-6,15H,(H,16,17)(H,18,19)(H,20,21)(H,22,23). The van der Waals surface area contributed by atoms with Crippen molar-refractivity contribution >= 4 is 45.5 Å². The molecule has 0 saturated heterocycles. The Morgan fingerprint density at radius 1 is 0.760 bits per heavy atom. The largest absolute Gasteiger partial charge is 0.478 e. The van der Waals surface area contributed by atoms with Gasteiger partial charge in [0.2, 0.25) is 0 Å². The van der Waals surface area contributed by atoms with Crippen molar-refractivity contribution in [3.8, 4) is 0 Å². The van der Waals surface area contributed by atoms with Crippen molar-refractivity contribution in [2.24, 2.45) is 0 Å². The second kappa shape index (κ2) is 7.53. The average molecular weight is 385 g/mol. The fraction of sp³-hybridized carbons (Fsp3) is 0. The van der Waals surface area contributed by atoms with Gasteiger partial charge in [-0.05, 0) is 24.3 Å². The molecule has 0 bridgehead atoms. The number of carboxylic acids is 2. The molecular formula is C14H11NO8S2. The molecule has 0 saturated carbocycles. The molecule has 0 amide bonds. The summed E-state index contributed by atoms with van der Waals surface area (Å²) in [5.41, 5.74) is -1.11. The highest BCUT2D eigenvalue weighted by molar-refractivity contribution is 7.79. The van der Waals surface area contributed by atoms with Crippen LogP contribution in [0.15, 0.2) is 46.2 Å². The Kier molecular flexibility index (Phi) is 5.64. The molecule has 0 fully saturated rings. The molecule has 0 radical (unpaired) electrons. The minimum atomic E-state index is -2.68. The van der Waals surface area contributed by atoms with Gasteiger partial charge in [-0.15, -0.1) is 0 Å². The van der Waals surface area contributed by atoms with Gasteiger partial charge in [0.1, 0.15) is 9.79 Å². The van der Waals surface area contributed by atoms with Crippen LogP contribution in [0.2, 0.25) is 0 Å². The van der Waals surface area contributed by atoms with E-state index in [1.165, 1.54) is 24.3 Å². The number of benzene rings is 2. The summed E-state index contributed by atoms with van der Waals surface area (Å²) < 4.78 is 41.9. The lowest BCUT2D eigenvalue weighted by atomic mass is 10.1. The van der Waals surface area contributed by atoms with Crippen molar-refractivity contribution < 1.29 is 37.3 Å². The van der Waals surface area contributed by atoms with Crippen LogP contribution in [0.25, 0.3) is 0 Å². The van der Waals surface area contributed by atoms with Gasteiger partial charge in [-0.2, -0.15) is 0 Å². The molecule has 9 nitrogen and oxygen atoms in total. The second-order valence-corrected chi connectivity index (χ2v) is 6.41. The van der Waals surface area contributed by atoms with Crippen LogP contribution >= 0.6 is 0 Å². The molecule has 0 aliphatic rings. The summed E-state index contributed by atoms with van der Waals surface area (Å²) in [4.78, 5) is 21.5. The minimum absolute atomic E-state index is 0.116. The summed E-state index contributed by atoms with van der Waals surface area (Å²) in [5.74, 6) is -2.88. The Balaban J connectivity index is 2.66. The molecule has 2 aromatic rings. The summed E-state index contributed by atoms with van der Waals surface area (Å²) in [5, 5.41) is 20.8. The Morgan fingerprint density at radius 2 is 1.12 bits per heavy atom. The van der Waals surface area contributed by atoms with Crippen LogP contribution in [-0.2, 0) is 22.2 Å². The Labute approximate surface area is 145 Å². The van der Waals surface area contributed by atoms with Gasteiger partial charge in [-0.25, -0.2) is 18.0 Å².